The number of anilines is 2. The number of rotatable bonds is 5. The molecule has 0 aliphatic rings. The van der Waals surface area contributed by atoms with Gasteiger partial charge in [-0.2, -0.15) is 0 Å². The van der Waals surface area contributed by atoms with Crippen molar-refractivity contribution >= 4 is 63.7 Å². The molecule has 3 rings (SSSR count). The van der Waals surface area contributed by atoms with E-state index in [-0.39, 0.29) is 37.8 Å². The van der Waals surface area contributed by atoms with Gasteiger partial charge in [0.05, 0.1) is 17.7 Å². The summed E-state index contributed by atoms with van der Waals surface area (Å²) in [4.78, 5) is 25.4. The molecule has 0 heterocycles. The lowest BCUT2D eigenvalue weighted by Gasteiger charge is -2.19. The lowest BCUT2D eigenvalue weighted by molar-refractivity contribution is 0.0973. The van der Waals surface area contributed by atoms with Gasteiger partial charge in [-0.05, 0) is 65.7 Å². The molecule has 0 bridgehead atoms. The number of benzene rings is 3. The Labute approximate surface area is 220 Å². The van der Waals surface area contributed by atoms with Crippen LogP contribution in [0.2, 0.25) is 10.0 Å². The summed E-state index contributed by atoms with van der Waals surface area (Å²) in [5, 5.41) is 8.92. The fraction of sp³-hybridized carbons (Fsp3) is 0.192. The van der Waals surface area contributed by atoms with Gasteiger partial charge >= 0.3 is 0 Å². The van der Waals surface area contributed by atoms with Crippen LogP contribution in [-0.2, 0) is 5.41 Å². The molecule has 3 aromatic carbocycles. The number of carbonyl (C=O) groups is 2. The fourth-order valence-corrected chi connectivity index (χ4v) is 4.05. The van der Waals surface area contributed by atoms with Crippen LogP contribution in [-0.4, -0.2) is 24.0 Å². The van der Waals surface area contributed by atoms with Crippen molar-refractivity contribution in [1.82, 2.24) is 5.32 Å². The number of ether oxygens (including phenoxy) is 1. The van der Waals surface area contributed by atoms with E-state index >= 15 is 0 Å². The molecule has 0 saturated carbocycles. The van der Waals surface area contributed by atoms with Crippen LogP contribution < -0.4 is 20.7 Å². The van der Waals surface area contributed by atoms with Crippen molar-refractivity contribution in [3.8, 4) is 5.75 Å². The predicted molar refractivity (Wildman–Crippen MR) is 146 cm³/mol. The Morgan fingerprint density at radius 2 is 1.51 bits per heavy atom. The Hall–Kier alpha value is -3.13. The molecule has 3 N–H and O–H groups in total. The number of hydrogen-bond donors (Lipinski definition) is 3. The van der Waals surface area contributed by atoms with Gasteiger partial charge in [-0.3, -0.25) is 14.9 Å². The van der Waals surface area contributed by atoms with Gasteiger partial charge in [0.15, 0.2) is 5.11 Å². The zero-order valence-electron chi connectivity index (χ0n) is 19.7. The minimum Gasteiger partial charge on any atom is -0.494 e. The summed E-state index contributed by atoms with van der Waals surface area (Å²) in [5.74, 6) is -0.577. The average Bonchev–Trinajstić information content (AvgIpc) is 2.78. The van der Waals surface area contributed by atoms with Gasteiger partial charge in [0.2, 0.25) is 0 Å². The van der Waals surface area contributed by atoms with E-state index in [0.29, 0.717) is 16.9 Å². The predicted octanol–water partition coefficient (Wildman–Crippen LogP) is 6.68. The van der Waals surface area contributed by atoms with E-state index in [1.54, 1.807) is 36.4 Å². The topological polar surface area (TPSA) is 79.5 Å². The maximum atomic E-state index is 12.7. The highest BCUT2D eigenvalue weighted by molar-refractivity contribution is 7.80. The second-order valence-corrected chi connectivity index (χ2v) is 9.99. The number of methoxy groups -OCH3 is 1. The lowest BCUT2D eigenvalue weighted by atomic mass is 9.87. The van der Waals surface area contributed by atoms with Gasteiger partial charge in [0, 0.05) is 22.0 Å². The first kappa shape index (κ1) is 26.5. The molecule has 9 heteroatoms. The number of nitrogens with one attached hydrogen (secondary N) is 3. The Morgan fingerprint density at radius 1 is 0.886 bits per heavy atom. The molecule has 182 valence electrons. The van der Waals surface area contributed by atoms with E-state index in [1.165, 1.54) is 19.2 Å². The first-order chi connectivity index (χ1) is 16.5. The molecule has 0 aromatic heterocycles. The number of halogens is 2. The van der Waals surface area contributed by atoms with Crippen molar-refractivity contribution in [1.29, 1.82) is 0 Å². The lowest BCUT2D eigenvalue weighted by Crippen LogP contribution is -2.34. The van der Waals surface area contributed by atoms with E-state index in [9.17, 15) is 9.59 Å². The maximum absolute atomic E-state index is 12.7. The molecule has 0 spiro atoms. The number of amides is 2. The van der Waals surface area contributed by atoms with Gasteiger partial charge in [-0.1, -0.05) is 62.2 Å². The van der Waals surface area contributed by atoms with Crippen LogP contribution in [0.1, 0.15) is 47.1 Å². The van der Waals surface area contributed by atoms with Crippen LogP contribution in [0.4, 0.5) is 11.4 Å². The molecule has 6 nitrogen and oxygen atoms in total. The number of hydrogen-bond acceptors (Lipinski definition) is 4. The maximum Gasteiger partial charge on any atom is 0.261 e. The Kier molecular flexibility index (Phi) is 8.38. The zero-order chi connectivity index (χ0) is 25.8. The number of carbonyl (C=O) groups excluding carboxylic acids is 2. The summed E-state index contributed by atoms with van der Waals surface area (Å²) < 4.78 is 5.21. The standard InChI is InChI=1S/C26H25Cl2N3O3S/c1-26(2,3)16-10-8-15(9-11-16)23(32)29-18-6-5-7-19(14-18)30-25(35)31-24(33)20-12-17(27)13-21(28)22(20)34-4/h5-14H,1-4H3,(H,29,32)(H2,30,31,33,35). The number of thiocarbonyl (C=S) groups is 1. The summed E-state index contributed by atoms with van der Waals surface area (Å²) in [6, 6.07) is 17.4. The highest BCUT2D eigenvalue weighted by atomic mass is 35.5. The van der Waals surface area contributed by atoms with Gasteiger partial charge in [-0.15, -0.1) is 0 Å². The van der Waals surface area contributed by atoms with Crippen molar-refractivity contribution < 1.29 is 14.3 Å². The molecule has 0 aliphatic carbocycles. The summed E-state index contributed by atoms with van der Waals surface area (Å²) in [5.41, 5.74) is 2.99. The first-order valence-electron chi connectivity index (χ1n) is 10.7. The second kappa shape index (κ2) is 11.1. The van der Waals surface area contributed by atoms with Gasteiger partial charge in [-0.25, -0.2) is 0 Å². The zero-order valence-corrected chi connectivity index (χ0v) is 22.0. The van der Waals surface area contributed by atoms with Crippen LogP contribution in [0.25, 0.3) is 0 Å². The van der Waals surface area contributed by atoms with Crippen LogP contribution in [0.3, 0.4) is 0 Å². The van der Waals surface area contributed by atoms with Gasteiger partial charge in [0.1, 0.15) is 5.75 Å². The van der Waals surface area contributed by atoms with Crippen molar-refractivity contribution in [2.24, 2.45) is 0 Å². The van der Waals surface area contributed by atoms with E-state index in [2.05, 4.69) is 36.7 Å². The summed E-state index contributed by atoms with van der Waals surface area (Å²) in [7, 11) is 1.40. The van der Waals surface area contributed by atoms with E-state index in [1.807, 2.05) is 12.1 Å². The van der Waals surface area contributed by atoms with Gasteiger partial charge in [0.25, 0.3) is 11.8 Å². The smallest absolute Gasteiger partial charge is 0.261 e. The molecule has 0 saturated heterocycles. The van der Waals surface area contributed by atoms with E-state index < -0.39 is 5.91 Å². The third kappa shape index (κ3) is 6.94. The molecule has 3 aromatic rings. The molecule has 0 atom stereocenters. The van der Waals surface area contributed by atoms with E-state index in [0.717, 1.165) is 5.56 Å². The Morgan fingerprint density at radius 3 is 2.11 bits per heavy atom. The van der Waals surface area contributed by atoms with Crippen LogP contribution >= 0.6 is 35.4 Å². The molecule has 0 radical (unpaired) electrons. The molecule has 35 heavy (non-hydrogen) atoms. The van der Waals surface area contributed by atoms with Crippen LogP contribution in [0, 0.1) is 0 Å². The van der Waals surface area contributed by atoms with Crippen LogP contribution in [0.15, 0.2) is 60.7 Å². The highest BCUT2D eigenvalue weighted by Gasteiger charge is 2.18. The van der Waals surface area contributed by atoms with Crippen LogP contribution in [0.5, 0.6) is 5.75 Å². The monoisotopic (exact) mass is 529 g/mol. The normalized spacial score (nSPS) is 10.9. The van der Waals surface area contributed by atoms with E-state index in [4.69, 9.17) is 40.2 Å². The molecular weight excluding hydrogens is 505 g/mol. The summed E-state index contributed by atoms with van der Waals surface area (Å²) in [6.07, 6.45) is 0. The molecule has 0 aliphatic heterocycles. The summed E-state index contributed by atoms with van der Waals surface area (Å²) in [6.45, 7) is 6.36. The molecule has 2 amide bonds. The largest absolute Gasteiger partial charge is 0.494 e. The van der Waals surface area contributed by atoms with Crippen molar-refractivity contribution in [3.05, 3.63) is 87.4 Å². The molecule has 0 unspecified atom stereocenters. The Balaban J connectivity index is 1.66. The second-order valence-electron chi connectivity index (χ2n) is 8.74. The molecule has 0 fully saturated rings. The Bertz CT molecular complexity index is 1270. The highest BCUT2D eigenvalue weighted by Crippen LogP contribution is 2.32. The minimum absolute atomic E-state index is 0.00695. The quantitative estimate of drug-likeness (QED) is 0.321. The van der Waals surface area contributed by atoms with Crippen molar-refractivity contribution in [3.63, 3.8) is 0 Å². The average molecular weight is 530 g/mol. The fourth-order valence-electron chi connectivity index (χ4n) is 3.27. The third-order valence-electron chi connectivity index (χ3n) is 5.08. The SMILES string of the molecule is COc1c(Cl)cc(Cl)cc1C(=O)NC(=S)Nc1cccc(NC(=O)c2ccc(C(C)(C)C)cc2)c1. The van der Waals surface area contributed by atoms with Gasteiger partial charge < -0.3 is 15.4 Å². The summed E-state index contributed by atoms with van der Waals surface area (Å²) >= 11 is 17.4. The minimum atomic E-state index is -0.535. The first-order valence-corrected chi connectivity index (χ1v) is 11.8. The van der Waals surface area contributed by atoms with Crippen molar-refractivity contribution in [2.75, 3.05) is 17.7 Å². The van der Waals surface area contributed by atoms with Crippen molar-refractivity contribution in [2.45, 2.75) is 26.2 Å². The third-order valence-corrected chi connectivity index (χ3v) is 5.78. The molecular formula is C26H25Cl2N3O3S.